The molecule has 1 saturated heterocycles. The quantitative estimate of drug-likeness (QED) is 0.942. The summed E-state index contributed by atoms with van der Waals surface area (Å²) in [6, 6.07) is 7.28. The number of amides is 1. The monoisotopic (exact) mass is 318 g/mol. The van der Waals surface area contributed by atoms with Gasteiger partial charge in [0.1, 0.15) is 0 Å². The van der Waals surface area contributed by atoms with Crippen molar-refractivity contribution >= 4 is 16.8 Å². The lowest BCUT2D eigenvalue weighted by molar-refractivity contribution is 0.00171. The number of aromatic nitrogens is 1. The molecular weight excluding hydrogens is 299 g/mol. The molecule has 2 aromatic rings. The van der Waals surface area contributed by atoms with Crippen LogP contribution in [0.4, 0.5) is 4.39 Å². The molecule has 1 aromatic heterocycles. The number of rotatable bonds is 3. The molecule has 0 saturated carbocycles. The predicted molar refractivity (Wildman–Crippen MR) is 84.4 cm³/mol. The lowest BCUT2D eigenvalue weighted by atomic mass is 9.94. The number of aliphatic hydroxyl groups is 1. The first kappa shape index (κ1) is 15.7. The van der Waals surface area contributed by atoms with Gasteiger partial charge in [-0.05, 0) is 18.9 Å². The number of pyridine rings is 1. The molecule has 1 aliphatic rings. The van der Waals surface area contributed by atoms with Gasteiger partial charge in [-0.1, -0.05) is 18.2 Å². The molecule has 0 aliphatic carbocycles. The van der Waals surface area contributed by atoms with Gasteiger partial charge in [0, 0.05) is 11.9 Å². The number of carbonyl (C=O) groups excluding carboxylic acids is 1. The molecule has 1 unspecified atom stereocenters. The molecule has 0 spiro atoms. The van der Waals surface area contributed by atoms with Crippen molar-refractivity contribution in [3.63, 3.8) is 0 Å². The number of halogens is 1. The van der Waals surface area contributed by atoms with E-state index in [-0.39, 0.29) is 18.9 Å². The minimum absolute atomic E-state index is 0.109. The van der Waals surface area contributed by atoms with E-state index >= 15 is 0 Å². The lowest BCUT2D eigenvalue weighted by Gasteiger charge is -2.36. The zero-order valence-corrected chi connectivity index (χ0v) is 13.0. The van der Waals surface area contributed by atoms with E-state index in [1.54, 1.807) is 6.07 Å². The van der Waals surface area contributed by atoms with E-state index < -0.39 is 12.3 Å². The Labute approximate surface area is 133 Å². The summed E-state index contributed by atoms with van der Waals surface area (Å²) in [6.07, 6.45) is 2.30. The zero-order valence-electron chi connectivity index (χ0n) is 13.0. The Morgan fingerprint density at radius 1 is 1.48 bits per heavy atom. The van der Waals surface area contributed by atoms with Crippen LogP contribution in [-0.2, 0) is 0 Å². The highest BCUT2D eigenvalue weighted by Gasteiger charge is 2.37. The number of nitrogens with zero attached hydrogens (tertiary/aromatic N) is 2. The number of fused-ring (bicyclic) bond motifs is 1. The van der Waals surface area contributed by atoms with Crippen LogP contribution >= 0.6 is 0 Å². The Balaban J connectivity index is 2.03. The number of methoxy groups -OCH3 is 1. The molecule has 1 aliphatic heterocycles. The van der Waals surface area contributed by atoms with Crippen molar-refractivity contribution in [3.8, 4) is 5.75 Å². The van der Waals surface area contributed by atoms with Crippen molar-refractivity contribution in [1.82, 2.24) is 9.88 Å². The summed E-state index contributed by atoms with van der Waals surface area (Å²) in [7, 11) is 1.48. The highest BCUT2D eigenvalue weighted by atomic mass is 19.1. The fourth-order valence-electron chi connectivity index (χ4n) is 3.05. The molecule has 1 N–H and O–H groups in total. The van der Waals surface area contributed by atoms with Crippen molar-refractivity contribution in [2.45, 2.75) is 18.5 Å². The molecule has 2 heterocycles. The fraction of sp³-hybridized carbons (Fsp3) is 0.412. The number of ether oxygens (including phenoxy) is 1. The molecular formula is C17H19FN2O3. The van der Waals surface area contributed by atoms with Crippen molar-refractivity contribution < 1.29 is 19.0 Å². The third kappa shape index (κ3) is 2.86. The normalized spacial score (nSPS) is 21.4. The molecule has 3 rings (SSSR count). The summed E-state index contributed by atoms with van der Waals surface area (Å²) in [6.45, 7) is -0.225. The first-order valence-corrected chi connectivity index (χ1v) is 7.59. The number of carbonyl (C=O) groups is 1. The first-order valence-electron chi connectivity index (χ1n) is 7.59. The van der Waals surface area contributed by atoms with E-state index in [9.17, 15) is 14.3 Å². The number of hydrogen-bond acceptors (Lipinski definition) is 4. The van der Waals surface area contributed by atoms with Crippen LogP contribution in [0.25, 0.3) is 10.9 Å². The highest BCUT2D eigenvalue weighted by molar-refractivity contribution is 6.08. The molecule has 5 nitrogen and oxygen atoms in total. The minimum Gasteiger partial charge on any atom is -0.494 e. The lowest BCUT2D eigenvalue weighted by Crippen LogP contribution is -2.49. The second-order valence-corrected chi connectivity index (χ2v) is 5.86. The first-order chi connectivity index (χ1) is 11.1. The molecule has 6 heteroatoms. The van der Waals surface area contributed by atoms with E-state index in [1.165, 1.54) is 18.2 Å². The van der Waals surface area contributed by atoms with Gasteiger partial charge in [0.2, 0.25) is 0 Å². The number of alkyl halides is 1. The number of hydrogen-bond donors (Lipinski definition) is 1. The summed E-state index contributed by atoms with van der Waals surface area (Å²) >= 11 is 0. The van der Waals surface area contributed by atoms with Crippen molar-refractivity contribution in [1.29, 1.82) is 0 Å². The van der Waals surface area contributed by atoms with Crippen molar-refractivity contribution in [2.24, 2.45) is 0 Å². The van der Waals surface area contributed by atoms with Crippen LogP contribution in [0.5, 0.6) is 5.75 Å². The number of likely N-dealkylation sites (tertiary alicyclic amines) is 1. The second-order valence-electron chi connectivity index (χ2n) is 5.86. The highest BCUT2D eigenvalue weighted by Crippen LogP contribution is 2.31. The van der Waals surface area contributed by atoms with Crippen molar-refractivity contribution in [2.75, 3.05) is 26.8 Å². The molecule has 0 radical (unpaired) electrons. The van der Waals surface area contributed by atoms with Gasteiger partial charge in [0.25, 0.3) is 5.91 Å². The molecule has 1 fully saturated rings. The zero-order chi connectivity index (χ0) is 16.4. The molecule has 0 bridgehead atoms. The second kappa shape index (κ2) is 6.12. The Morgan fingerprint density at radius 3 is 3.00 bits per heavy atom. The van der Waals surface area contributed by atoms with Crippen LogP contribution in [0.3, 0.4) is 0 Å². The molecule has 1 atom stereocenters. The Morgan fingerprint density at radius 2 is 2.26 bits per heavy atom. The summed E-state index contributed by atoms with van der Waals surface area (Å²) < 4.78 is 19.7. The van der Waals surface area contributed by atoms with Crippen LogP contribution in [0.2, 0.25) is 0 Å². The number of para-hydroxylation sites is 1. The maximum absolute atomic E-state index is 14.4. The summed E-state index contributed by atoms with van der Waals surface area (Å²) in [4.78, 5) is 18.7. The topological polar surface area (TPSA) is 62.7 Å². The largest absolute Gasteiger partial charge is 0.494 e. The van der Waals surface area contributed by atoms with Gasteiger partial charge in [-0.25, -0.2) is 4.39 Å². The smallest absolute Gasteiger partial charge is 0.258 e. The van der Waals surface area contributed by atoms with E-state index in [0.29, 0.717) is 35.2 Å². The van der Waals surface area contributed by atoms with Gasteiger partial charge in [-0.2, -0.15) is 0 Å². The SMILES string of the molecule is COc1cnc2ccccc2c1C(=O)N1CCCC(F)(CO)C1. The van der Waals surface area contributed by atoms with Crippen LogP contribution in [-0.4, -0.2) is 53.4 Å². The summed E-state index contributed by atoms with van der Waals surface area (Å²) in [5, 5.41) is 9.92. The van der Waals surface area contributed by atoms with Crippen LogP contribution < -0.4 is 4.74 Å². The average Bonchev–Trinajstić information content (AvgIpc) is 2.60. The van der Waals surface area contributed by atoms with Crippen LogP contribution in [0.1, 0.15) is 23.2 Å². The Kier molecular flexibility index (Phi) is 4.17. The molecule has 1 aromatic carbocycles. The van der Waals surface area contributed by atoms with Crippen LogP contribution in [0.15, 0.2) is 30.5 Å². The predicted octanol–water partition coefficient (Wildman–Crippen LogP) is 2.18. The van der Waals surface area contributed by atoms with Gasteiger partial charge < -0.3 is 14.7 Å². The van der Waals surface area contributed by atoms with Gasteiger partial charge in [-0.15, -0.1) is 0 Å². The summed E-state index contributed by atoms with van der Waals surface area (Å²) in [5.41, 5.74) is -0.660. The van der Waals surface area contributed by atoms with Crippen molar-refractivity contribution in [3.05, 3.63) is 36.0 Å². The van der Waals surface area contributed by atoms with E-state index in [1.807, 2.05) is 18.2 Å². The minimum atomic E-state index is -1.73. The maximum atomic E-state index is 14.4. The van der Waals surface area contributed by atoms with E-state index in [2.05, 4.69) is 4.98 Å². The molecule has 23 heavy (non-hydrogen) atoms. The number of benzene rings is 1. The summed E-state index contributed by atoms with van der Waals surface area (Å²) in [5.74, 6) is 0.0726. The number of piperidine rings is 1. The standard InChI is InChI=1S/C17H19FN2O3/c1-23-14-9-19-13-6-3-2-5-12(13)15(14)16(22)20-8-4-7-17(18,10-20)11-21/h2-3,5-6,9,21H,4,7-8,10-11H2,1H3. The van der Waals surface area contributed by atoms with E-state index in [0.717, 1.165) is 0 Å². The molecule has 122 valence electrons. The number of aliphatic hydroxyl groups excluding tert-OH is 1. The van der Waals surface area contributed by atoms with E-state index in [4.69, 9.17) is 4.74 Å². The van der Waals surface area contributed by atoms with Crippen LogP contribution in [0, 0.1) is 0 Å². The average molecular weight is 318 g/mol. The Bertz CT molecular complexity index is 737. The fourth-order valence-corrected chi connectivity index (χ4v) is 3.05. The van der Waals surface area contributed by atoms with Gasteiger partial charge in [-0.3, -0.25) is 9.78 Å². The van der Waals surface area contributed by atoms with Gasteiger partial charge in [0.15, 0.2) is 11.4 Å². The van der Waals surface area contributed by atoms with Gasteiger partial charge >= 0.3 is 0 Å². The maximum Gasteiger partial charge on any atom is 0.258 e. The molecule has 1 amide bonds. The Hall–Kier alpha value is -2.21. The third-order valence-corrected chi connectivity index (χ3v) is 4.27. The third-order valence-electron chi connectivity index (χ3n) is 4.27. The van der Waals surface area contributed by atoms with Gasteiger partial charge in [0.05, 0.1) is 37.5 Å².